The molecule has 3 N–H and O–H groups in total. The molecule has 0 aliphatic heterocycles. The maximum absolute atomic E-state index is 12.2. The Morgan fingerprint density at radius 1 is 1.07 bits per heavy atom. The summed E-state index contributed by atoms with van der Waals surface area (Å²) in [4.78, 5) is 24.1. The fourth-order valence-corrected chi connectivity index (χ4v) is 3.19. The molecule has 2 aromatic rings. The van der Waals surface area contributed by atoms with Gasteiger partial charge in [0.1, 0.15) is 5.75 Å². The van der Waals surface area contributed by atoms with E-state index in [0.717, 1.165) is 26.5 Å². The molecular weight excluding hydrogens is 510 g/mol. The number of hydrazine groups is 1. The lowest BCUT2D eigenvalue weighted by Gasteiger charge is -2.12. The van der Waals surface area contributed by atoms with Crippen LogP contribution in [-0.2, 0) is 11.2 Å². The van der Waals surface area contributed by atoms with E-state index in [0.29, 0.717) is 11.3 Å². The van der Waals surface area contributed by atoms with Crippen LogP contribution in [0.4, 0.5) is 0 Å². The van der Waals surface area contributed by atoms with Crippen LogP contribution < -0.4 is 20.9 Å². The molecule has 0 aliphatic rings. The monoisotopic (exact) mass is 527 g/mol. The van der Waals surface area contributed by atoms with Crippen LogP contribution in [0.5, 0.6) is 5.75 Å². The summed E-state index contributed by atoms with van der Waals surface area (Å²) < 4.78 is 7.07. The zero-order valence-corrected chi connectivity index (χ0v) is 19.3. The molecule has 0 fully saturated rings. The normalized spacial score (nSPS) is 10.1. The molecule has 2 rings (SSSR count). The Labute approximate surface area is 185 Å². The van der Waals surface area contributed by atoms with Gasteiger partial charge < -0.3 is 4.74 Å². The summed E-state index contributed by atoms with van der Waals surface area (Å²) in [5.74, 6) is -0.266. The number of rotatable bonds is 5. The number of carbonyl (C=O) groups is 2. The van der Waals surface area contributed by atoms with E-state index in [2.05, 4.69) is 55.0 Å². The molecular formula is C19H19Br2N3O3S. The van der Waals surface area contributed by atoms with Crippen LogP contribution >= 0.6 is 44.1 Å². The summed E-state index contributed by atoms with van der Waals surface area (Å²) in [5, 5.41) is 2.47. The standard InChI is InChI=1S/C19H19Br2N3O3S/c1-3-12-5-7-16(15(21)8-12)27-10-17(25)23-24-19(28)22-18(26)13-6-4-11(2)14(20)9-13/h4-9H,3,10H2,1-2H3,(H,23,25)(H2,22,24,26,28). The average molecular weight is 529 g/mol. The first-order valence-electron chi connectivity index (χ1n) is 8.37. The van der Waals surface area contributed by atoms with Crippen LogP contribution in [0.1, 0.15) is 28.4 Å². The second kappa shape index (κ2) is 10.5. The Hall–Kier alpha value is -1.97. The van der Waals surface area contributed by atoms with E-state index >= 15 is 0 Å². The van der Waals surface area contributed by atoms with Crippen LogP contribution in [0.3, 0.4) is 0 Å². The average Bonchev–Trinajstić information content (AvgIpc) is 2.67. The summed E-state index contributed by atoms with van der Waals surface area (Å²) in [6.07, 6.45) is 0.909. The van der Waals surface area contributed by atoms with Crippen molar-refractivity contribution in [1.29, 1.82) is 0 Å². The van der Waals surface area contributed by atoms with E-state index in [4.69, 9.17) is 17.0 Å². The van der Waals surface area contributed by atoms with E-state index < -0.39 is 5.91 Å². The first-order valence-corrected chi connectivity index (χ1v) is 10.4. The van der Waals surface area contributed by atoms with Crippen molar-refractivity contribution >= 4 is 61.0 Å². The quantitative estimate of drug-likeness (QED) is 0.406. The van der Waals surface area contributed by atoms with Crippen molar-refractivity contribution in [1.82, 2.24) is 16.2 Å². The van der Waals surface area contributed by atoms with Crippen molar-refractivity contribution < 1.29 is 14.3 Å². The second-order valence-electron chi connectivity index (χ2n) is 5.83. The molecule has 0 aromatic heterocycles. The molecule has 0 aliphatic carbocycles. The van der Waals surface area contributed by atoms with Crippen molar-refractivity contribution in [2.75, 3.05) is 6.61 Å². The van der Waals surface area contributed by atoms with Crippen LogP contribution in [0, 0.1) is 6.92 Å². The molecule has 148 valence electrons. The van der Waals surface area contributed by atoms with E-state index in [1.807, 2.05) is 25.1 Å². The van der Waals surface area contributed by atoms with Crippen molar-refractivity contribution in [2.45, 2.75) is 20.3 Å². The lowest BCUT2D eigenvalue weighted by atomic mass is 10.1. The molecule has 0 spiro atoms. The highest BCUT2D eigenvalue weighted by Gasteiger charge is 2.11. The van der Waals surface area contributed by atoms with Crippen molar-refractivity contribution in [3.8, 4) is 5.75 Å². The molecule has 2 amide bonds. The van der Waals surface area contributed by atoms with Gasteiger partial charge in [-0.15, -0.1) is 0 Å². The molecule has 0 radical (unpaired) electrons. The maximum Gasteiger partial charge on any atom is 0.276 e. The molecule has 0 atom stereocenters. The minimum atomic E-state index is -0.443. The lowest BCUT2D eigenvalue weighted by Crippen LogP contribution is -2.49. The zero-order chi connectivity index (χ0) is 20.7. The molecule has 0 saturated heterocycles. The predicted octanol–water partition coefficient (Wildman–Crippen LogP) is 3.80. The third kappa shape index (κ3) is 6.57. The predicted molar refractivity (Wildman–Crippen MR) is 119 cm³/mol. The SMILES string of the molecule is CCc1ccc(OCC(=O)NNC(=S)NC(=O)c2ccc(C)c(Br)c2)c(Br)c1. The van der Waals surface area contributed by atoms with Gasteiger partial charge in [0, 0.05) is 10.0 Å². The molecule has 28 heavy (non-hydrogen) atoms. The summed E-state index contributed by atoms with van der Waals surface area (Å²) in [6, 6.07) is 10.9. The van der Waals surface area contributed by atoms with Gasteiger partial charge in [-0.05, 0) is 76.9 Å². The van der Waals surface area contributed by atoms with Crippen molar-refractivity contribution in [2.24, 2.45) is 0 Å². The van der Waals surface area contributed by atoms with Gasteiger partial charge in [0.05, 0.1) is 4.47 Å². The Balaban J connectivity index is 1.78. The molecule has 9 heteroatoms. The molecule has 0 bridgehead atoms. The number of carbonyl (C=O) groups excluding carboxylic acids is 2. The number of benzene rings is 2. The second-order valence-corrected chi connectivity index (χ2v) is 7.94. The minimum absolute atomic E-state index is 0.0245. The largest absolute Gasteiger partial charge is 0.483 e. The highest BCUT2D eigenvalue weighted by Crippen LogP contribution is 2.26. The Bertz CT molecular complexity index is 906. The number of halogens is 2. The Morgan fingerprint density at radius 2 is 1.82 bits per heavy atom. The summed E-state index contributed by atoms with van der Waals surface area (Å²) in [5.41, 5.74) is 7.47. The van der Waals surface area contributed by atoms with Gasteiger partial charge in [0.2, 0.25) is 0 Å². The lowest BCUT2D eigenvalue weighted by molar-refractivity contribution is -0.123. The smallest absolute Gasteiger partial charge is 0.276 e. The van der Waals surface area contributed by atoms with Gasteiger partial charge in [-0.25, -0.2) is 0 Å². The number of hydrogen-bond acceptors (Lipinski definition) is 4. The van der Waals surface area contributed by atoms with E-state index in [1.54, 1.807) is 18.2 Å². The Kier molecular flexibility index (Phi) is 8.40. The summed E-state index contributed by atoms with van der Waals surface area (Å²) in [6.45, 7) is 3.77. The number of ether oxygens (including phenoxy) is 1. The maximum atomic E-state index is 12.2. The fraction of sp³-hybridized carbons (Fsp3) is 0.211. The third-order valence-electron chi connectivity index (χ3n) is 3.74. The molecule has 0 unspecified atom stereocenters. The highest BCUT2D eigenvalue weighted by molar-refractivity contribution is 9.10. The molecule has 6 nitrogen and oxygen atoms in total. The molecule has 2 aromatic carbocycles. The number of hydrogen-bond donors (Lipinski definition) is 3. The van der Waals surface area contributed by atoms with Gasteiger partial charge in [-0.3, -0.25) is 25.8 Å². The highest BCUT2D eigenvalue weighted by atomic mass is 79.9. The number of thiocarbonyl (C=S) groups is 1. The van der Waals surface area contributed by atoms with Crippen molar-refractivity contribution in [3.05, 3.63) is 62.0 Å². The van der Waals surface area contributed by atoms with E-state index in [1.165, 1.54) is 0 Å². The van der Waals surface area contributed by atoms with E-state index in [9.17, 15) is 9.59 Å². The number of nitrogens with one attached hydrogen (secondary N) is 3. The van der Waals surface area contributed by atoms with Crippen molar-refractivity contribution in [3.63, 3.8) is 0 Å². The van der Waals surface area contributed by atoms with Gasteiger partial charge >= 0.3 is 0 Å². The number of amides is 2. The van der Waals surface area contributed by atoms with Gasteiger partial charge in [0.25, 0.3) is 11.8 Å². The van der Waals surface area contributed by atoms with Gasteiger partial charge in [-0.2, -0.15) is 0 Å². The first kappa shape index (κ1) is 22.3. The van der Waals surface area contributed by atoms with Crippen LogP contribution in [0.25, 0.3) is 0 Å². The van der Waals surface area contributed by atoms with Crippen LogP contribution in [-0.4, -0.2) is 23.5 Å². The topological polar surface area (TPSA) is 79.5 Å². The Morgan fingerprint density at radius 3 is 2.46 bits per heavy atom. The third-order valence-corrected chi connectivity index (χ3v) is 5.42. The fourth-order valence-electron chi connectivity index (χ4n) is 2.13. The van der Waals surface area contributed by atoms with Crippen LogP contribution in [0.2, 0.25) is 0 Å². The van der Waals surface area contributed by atoms with Gasteiger partial charge in [0.15, 0.2) is 11.7 Å². The first-order chi connectivity index (χ1) is 13.3. The number of aryl methyl sites for hydroxylation is 2. The minimum Gasteiger partial charge on any atom is -0.483 e. The summed E-state index contributed by atoms with van der Waals surface area (Å²) >= 11 is 11.8. The van der Waals surface area contributed by atoms with Gasteiger partial charge in [-0.1, -0.05) is 35.0 Å². The zero-order valence-electron chi connectivity index (χ0n) is 15.3. The van der Waals surface area contributed by atoms with E-state index in [-0.39, 0.29) is 17.6 Å². The summed E-state index contributed by atoms with van der Waals surface area (Å²) in [7, 11) is 0. The molecule has 0 heterocycles. The molecule has 0 saturated carbocycles. The van der Waals surface area contributed by atoms with Crippen LogP contribution in [0.15, 0.2) is 45.3 Å².